The third-order valence-electron chi connectivity index (χ3n) is 5.92. The molecule has 2 aliphatic rings. The highest BCUT2D eigenvalue weighted by Crippen LogP contribution is 2.34. The molecule has 2 aromatic carbocycles. The number of carbonyl (C=O) groups excluding carboxylic acids is 2. The van der Waals surface area contributed by atoms with Gasteiger partial charge in [0.15, 0.2) is 5.78 Å². The van der Waals surface area contributed by atoms with Crippen molar-refractivity contribution in [3.63, 3.8) is 0 Å². The topological polar surface area (TPSA) is 40.6 Å². The van der Waals surface area contributed by atoms with Gasteiger partial charge in [0.1, 0.15) is 5.92 Å². The van der Waals surface area contributed by atoms with Crippen molar-refractivity contribution in [3.05, 3.63) is 69.7 Å². The van der Waals surface area contributed by atoms with Gasteiger partial charge in [0.25, 0.3) is 0 Å². The van der Waals surface area contributed by atoms with Crippen molar-refractivity contribution in [2.45, 2.75) is 31.2 Å². The highest BCUT2D eigenvalue weighted by atomic mass is 35.5. The smallest absolute Gasteiger partial charge is 0.238 e. The van der Waals surface area contributed by atoms with Gasteiger partial charge in [0.2, 0.25) is 5.91 Å². The minimum absolute atomic E-state index is 0.0578. The molecule has 4 rings (SSSR count). The van der Waals surface area contributed by atoms with E-state index in [2.05, 4.69) is 17.0 Å². The summed E-state index contributed by atoms with van der Waals surface area (Å²) >= 11 is 12.2. The number of nitrogens with zero attached hydrogens (tertiary/aromatic N) is 2. The molecular formula is C23H24Cl2N2O2. The van der Waals surface area contributed by atoms with Crippen molar-refractivity contribution in [1.82, 2.24) is 9.80 Å². The molecule has 4 nitrogen and oxygen atoms in total. The second-order valence-corrected chi connectivity index (χ2v) is 8.60. The lowest BCUT2D eigenvalue weighted by molar-refractivity contribution is -0.144. The Balaban J connectivity index is 1.65. The van der Waals surface area contributed by atoms with E-state index in [1.165, 1.54) is 12.8 Å². The Kier molecular flexibility index (Phi) is 6.23. The molecular weight excluding hydrogens is 407 g/mol. The number of Topliss-reactive ketones (excluding diaryl/α,β-unsaturated/α-hetero) is 1. The third-order valence-corrected chi connectivity index (χ3v) is 6.66. The van der Waals surface area contributed by atoms with Crippen molar-refractivity contribution in [3.8, 4) is 0 Å². The maximum absolute atomic E-state index is 13.5. The van der Waals surface area contributed by atoms with Crippen LogP contribution in [0.2, 0.25) is 10.0 Å². The van der Waals surface area contributed by atoms with Crippen LogP contribution in [0, 0.1) is 0 Å². The minimum Gasteiger partial charge on any atom is -0.333 e. The summed E-state index contributed by atoms with van der Waals surface area (Å²) in [5, 5.41) is 0.776. The first-order chi connectivity index (χ1) is 14.0. The summed E-state index contributed by atoms with van der Waals surface area (Å²) in [6, 6.07) is 15.1. The highest BCUT2D eigenvalue weighted by molar-refractivity contribution is 6.42. The largest absolute Gasteiger partial charge is 0.333 e. The van der Waals surface area contributed by atoms with E-state index >= 15 is 0 Å². The van der Waals surface area contributed by atoms with Crippen LogP contribution < -0.4 is 0 Å². The fourth-order valence-electron chi connectivity index (χ4n) is 4.39. The van der Waals surface area contributed by atoms with Gasteiger partial charge in [-0.25, -0.2) is 0 Å². The van der Waals surface area contributed by atoms with Gasteiger partial charge < -0.3 is 9.80 Å². The Morgan fingerprint density at radius 2 is 1.66 bits per heavy atom. The van der Waals surface area contributed by atoms with Crippen LogP contribution in [0.15, 0.2) is 48.5 Å². The second kappa shape index (κ2) is 8.86. The first-order valence-corrected chi connectivity index (χ1v) is 10.9. The summed E-state index contributed by atoms with van der Waals surface area (Å²) in [4.78, 5) is 30.6. The van der Waals surface area contributed by atoms with E-state index in [-0.39, 0.29) is 17.7 Å². The maximum Gasteiger partial charge on any atom is 0.238 e. The fraction of sp³-hybridized carbons (Fsp3) is 0.391. The lowest BCUT2D eigenvalue weighted by Gasteiger charge is -2.39. The molecule has 2 aromatic rings. The molecule has 0 bridgehead atoms. The number of likely N-dealkylation sites (tertiary alicyclic amines) is 2. The Labute approximate surface area is 181 Å². The Hall–Kier alpha value is -1.88. The normalized spacial score (nSPS) is 21.6. The molecule has 152 valence electrons. The summed E-state index contributed by atoms with van der Waals surface area (Å²) in [6.45, 7) is 3.35. The molecule has 6 heteroatoms. The van der Waals surface area contributed by atoms with Crippen molar-refractivity contribution in [1.29, 1.82) is 0 Å². The molecule has 1 amide bonds. The number of piperidine rings is 1. The average Bonchev–Trinajstić information content (AvgIpc) is 3.23. The number of benzene rings is 2. The van der Waals surface area contributed by atoms with Gasteiger partial charge in [0.05, 0.1) is 16.1 Å². The number of ketones is 1. The van der Waals surface area contributed by atoms with Crippen molar-refractivity contribution >= 4 is 34.9 Å². The molecule has 0 spiro atoms. The zero-order valence-corrected chi connectivity index (χ0v) is 17.7. The van der Waals surface area contributed by atoms with Gasteiger partial charge >= 0.3 is 0 Å². The van der Waals surface area contributed by atoms with Crippen LogP contribution in [-0.2, 0) is 9.59 Å². The van der Waals surface area contributed by atoms with E-state index in [1.807, 2.05) is 23.1 Å². The highest BCUT2D eigenvalue weighted by Gasteiger charge is 2.40. The van der Waals surface area contributed by atoms with Crippen molar-refractivity contribution < 1.29 is 9.59 Å². The zero-order chi connectivity index (χ0) is 20.4. The molecule has 0 saturated carbocycles. The maximum atomic E-state index is 13.5. The van der Waals surface area contributed by atoms with Gasteiger partial charge in [0, 0.05) is 19.5 Å². The molecule has 29 heavy (non-hydrogen) atoms. The lowest BCUT2D eigenvalue weighted by atomic mass is 9.87. The summed E-state index contributed by atoms with van der Waals surface area (Å²) in [6.07, 6.45) is 2.74. The number of halogens is 2. The lowest BCUT2D eigenvalue weighted by Crippen LogP contribution is -2.49. The first-order valence-electron chi connectivity index (χ1n) is 10.1. The molecule has 1 unspecified atom stereocenters. The minimum atomic E-state index is -0.816. The molecule has 2 heterocycles. The van der Waals surface area contributed by atoms with Crippen LogP contribution >= 0.6 is 23.2 Å². The number of rotatable bonds is 5. The summed E-state index contributed by atoms with van der Waals surface area (Å²) in [7, 11) is 0. The molecule has 2 saturated heterocycles. The zero-order valence-electron chi connectivity index (χ0n) is 16.2. The molecule has 2 atom stereocenters. The number of hydrogen-bond acceptors (Lipinski definition) is 3. The van der Waals surface area contributed by atoms with E-state index < -0.39 is 5.92 Å². The Morgan fingerprint density at radius 1 is 0.931 bits per heavy atom. The molecule has 2 fully saturated rings. The molecule has 0 radical (unpaired) electrons. The monoisotopic (exact) mass is 430 g/mol. The Morgan fingerprint density at radius 3 is 2.34 bits per heavy atom. The third kappa shape index (κ3) is 4.35. The van der Waals surface area contributed by atoms with Gasteiger partial charge in [-0.15, -0.1) is 0 Å². The average molecular weight is 431 g/mol. The molecule has 0 aliphatic carbocycles. The van der Waals surface area contributed by atoms with Gasteiger partial charge in [-0.1, -0.05) is 59.6 Å². The van der Waals surface area contributed by atoms with Crippen LogP contribution in [0.3, 0.4) is 0 Å². The van der Waals surface area contributed by atoms with Crippen LogP contribution in [0.4, 0.5) is 0 Å². The van der Waals surface area contributed by atoms with Gasteiger partial charge in [-0.3, -0.25) is 9.59 Å². The van der Waals surface area contributed by atoms with E-state index in [4.69, 9.17) is 23.2 Å². The predicted octanol–water partition coefficient (Wildman–Crippen LogP) is 4.72. The fourth-order valence-corrected chi connectivity index (χ4v) is 4.69. The SMILES string of the molecule is O=C1CCN([C@H](CN2CCCC2)c2ccccc2)C(=O)C1c1ccc(Cl)c(Cl)c1. The standard InChI is InChI=1S/C23H24Cl2N2O2/c24-18-9-8-17(14-19(18)25)22-21(28)10-13-27(23(22)29)20(15-26-11-4-5-12-26)16-6-2-1-3-7-16/h1-3,6-9,14,20,22H,4-5,10-13,15H2/t20-,22?/m1/s1. The van der Waals surface area contributed by atoms with Crippen LogP contribution in [0.1, 0.15) is 42.3 Å². The van der Waals surface area contributed by atoms with Gasteiger partial charge in [-0.2, -0.15) is 0 Å². The quantitative estimate of drug-likeness (QED) is 0.644. The van der Waals surface area contributed by atoms with Crippen LogP contribution in [0.25, 0.3) is 0 Å². The Bertz CT molecular complexity index is 897. The van der Waals surface area contributed by atoms with E-state index in [0.29, 0.717) is 28.6 Å². The van der Waals surface area contributed by atoms with Crippen molar-refractivity contribution in [2.24, 2.45) is 0 Å². The summed E-state index contributed by atoms with van der Waals surface area (Å²) in [5.41, 5.74) is 1.72. The van der Waals surface area contributed by atoms with Crippen LogP contribution in [0.5, 0.6) is 0 Å². The number of hydrogen-bond donors (Lipinski definition) is 0. The second-order valence-electron chi connectivity index (χ2n) is 7.79. The number of amides is 1. The summed E-state index contributed by atoms with van der Waals surface area (Å²) in [5.74, 6) is -1.02. The van der Waals surface area contributed by atoms with E-state index in [9.17, 15) is 9.59 Å². The van der Waals surface area contributed by atoms with Crippen molar-refractivity contribution in [2.75, 3.05) is 26.2 Å². The predicted molar refractivity (Wildman–Crippen MR) is 115 cm³/mol. The molecule has 0 N–H and O–H groups in total. The van der Waals surface area contributed by atoms with E-state index in [1.54, 1.807) is 18.2 Å². The summed E-state index contributed by atoms with van der Waals surface area (Å²) < 4.78 is 0. The molecule has 0 aromatic heterocycles. The first kappa shape index (κ1) is 20.4. The van der Waals surface area contributed by atoms with E-state index in [0.717, 1.165) is 25.2 Å². The van der Waals surface area contributed by atoms with Crippen LogP contribution in [-0.4, -0.2) is 47.7 Å². The number of carbonyl (C=O) groups is 2. The molecule has 2 aliphatic heterocycles. The van der Waals surface area contributed by atoms with Gasteiger partial charge in [-0.05, 0) is 49.2 Å².